The maximum absolute atomic E-state index is 14.0. The Morgan fingerprint density at radius 2 is 1.94 bits per heavy atom. The monoisotopic (exact) mass is 509 g/mol. The standard InChI is InChI=1S/C28H26Cl2FN3O/c1-19-7-8-25-22(16-19)28(18-34(25)27(35)20-9-12-32-26(30)17-20)10-14-33(15-11-28)13-3-4-21-23(29)5-2-6-24(21)31/h2-9,12,16-17H,10-11,13-15,18H2,1H3/b4-3+. The Hall–Kier alpha value is -2.73. The van der Waals surface area contributed by atoms with Gasteiger partial charge in [-0.25, -0.2) is 9.37 Å². The minimum atomic E-state index is -0.315. The van der Waals surface area contributed by atoms with Crippen molar-refractivity contribution >= 4 is 40.9 Å². The molecule has 180 valence electrons. The van der Waals surface area contributed by atoms with Crippen LogP contribution in [0, 0.1) is 12.7 Å². The molecule has 5 rings (SSSR count). The number of pyridine rings is 1. The van der Waals surface area contributed by atoms with E-state index in [2.05, 4.69) is 35.0 Å². The van der Waals surface area contributed by atoms with Crippen LogP contribution in [0.5, 0.6) is 0 Å². The summed E-state index contributed by atoms with van der Waals surface area (Å²) in [4.78, 5) is 21.7. The second kappa shape index (κ2) is 9.73. The van der Waals surface area contributed by atoms with Crippen molar-refractivity contribution in [2.24, 2.45) is 0 Å². The van der Waals surface area contributed by atoms with Gasteiger partial charge in [-0.2, -0.15) is 0 Å². The molecule has 4 nitrogen and oxygen atoms in total. The molecule has 0 unspecified atom stereocenters. The van der Waals surface area contributed by atoms with Crippen LogP contribution >= 0.6 is 23.2 Å². The van der Waals surface area contributed by atoms with E-state index in [0.29, 0.717) is 27.8 Å². The van der Waals surface area contributed by atoms with Gasteiger partial charge in [0, 0.05) is 41.5 Å². The van der Waals surface area contributed by atoms with Crippen LogP contribution in [0.25, 0.3) is 6.08 Å². The zero-order chi connectivity index (χ0) is 24.6. The quantitative estimate of drug-likeness (QED) is 0.374. The van der Waals surface area contributed by atoms with Gasteiger partial charge in [0.1, 0.15) is 11.0 Å². The lowest BCUT2D eigenvalue weighted by Crippen LogP contribution is -2.46. The molecular formula is C28H26Cl2FN3O. The minimum absolute atomic E-state index is 0.0524. The van der Waals surface area contributed by atoms with Gasteiger partial charge in [0.15, 0.2) is 0 Å². The predicted octanol–water partition coefficient (Wildman–Crippen LogP) is 6.54. The van der Waals surface area contributed by atoms with Crippen LogP contribution in [-0.2, 0) is 5.41 Å². The molecule has 3 aromatic rings. The number of likely N-dealkylation sites (tertiary alicyclic amines) is 1. The van der Waals surface area contributed by atoms with Gasteiger partial charge in [0.05, 0.1) is 5.02 Å². The molecule has 3 heterocycles. The van der Waals surface area contributed by atoms with E-state index in [1.807, 2.05) is 11.0 Å². The van der Waals surface area contributed by atoms with Gasteiger partial charge >= 0.3 is 0 Å². The molecular weight excluding hydrogens is 484 g/mol. The van der Waals surface area contributed by atoms with E-state index in [9.17, 15) is 9.18 Å². The molecule has 2 aromatic carbocycles. The first-order valence-corrected chi connectivity index (χ1v) is 12.5. The first-order chi connectivity index (χ1) is 16.9. The SMILES string of the molecule is Cc1ccc2c(c1)C1(CCN(C/C=C/c3c(F)cccc3Cl)CC1)CN2C(=O)c1ccnc(Cl)c1. The topological polar surface area (TPSA) is 36.4 Å². The van der Waals surface area contributed by atoms with E-state index >= 15 is 0 Å². The van der Waals surface area contributed by atoms with Crippen molar-refractivity contribution in [3.8, 4) is 0 Å². The van der Waals surface area contributed by atoms with Gasteiger partial charge in [-0.15, -0.1) is 0 Å². The number of carbonyl (C=O) groups is 1. The second-order valence-electron chi connectivity index (χ2n) is 9.40. The molecule has 0 atom stereocenters. The van der Waals surface area contributed by atoms with Crippen molar-refractivity contribution in [2.75, 3.05) is 31.1 Å². The summed E-state index contributed by atoms with van der Waals surface area (Å²) in [7, 11) is 0. The number of amides is 1. The number of rotatable bonds is 4. The van der Waals surface area contributed by atoms with Crippen LogP contribution in [0.4, 0.5) is 10.1 Å². The Balaban J connectivity index is 1.32. The Bertz CT molecular complexity index is 1280. The van der Waals surface area contributed by atoms with Gasteiger partial charge in [-0.3, -0.25) is 9.69 Å². The summed E-state index contributed by atoms with van der Waals surface area (Å²) < 4.78 is 14.0. The third-order valence-electron chi connectivity index (χ3n) is 7.15. The highest BCUT2D eigenvalue weighted by molar-refractivity contribution is 6.32. The van der Waals surface area contributed by atoms with Crippen LogP contribution in [0.15, 0.2) is 60.8 Å². The summed E-state index contributed by atoms with van der Waals surface area (Å²) in [5, 5.41) is 0.726. The lowest BCUT2D eigenvalue weighted by molar-refractivity contribution is 0.0977. The molecule has 35 heavy (non-hydrogen) atoms. The number of anilines is 1. The number of fused-ring (bicyclic) bond motifs is 2. The summed E-state index contributed by atoms with van der Waals surface area (Å²) >= 11 is 12.2. The van der Waals surface area contributed by atoms with Gasteiger partial charge < -0.3 is 4.90 Å². The molecule has 0 aliphatic carbocycles. The maximum atomic E-state index is 14.0. The van der Waals surface area contributed by atoms with E-state index in [1.54, 1.807) is 36.5 Å². The van der Waals surface area contributed by atoms with Crippen molar-refractivity contribution in [3.63, 3.8) is 0 Å². The summed E-state index contributed by atoms with van der Waals surface area (Å²) in [5.74, 6) is -0.368. The highest BCUT2D eigenvalue weighted by Gasteiger charge is 2.46. The van der Waals surface area contributed by atoms with Gasteiger partial charge in [0.2, 0.25) is 0 Å². The fourth-order valence-electron chi connectivity index (χ4n) is 5.24. The number of aryl methyl sites for hydroxylation is 1. The lowest BCUT2D eigenvalue weighted by Gasteiger charge is -2.39. The molecule has 1 amide bonds. The van der Waals surface area contributed by atoms with E-state index in [-0.39, 0.29) is 17.1 Å². The van der Waals surface area contributed by atoms with Crippen LogP contribution in [-0.4, -0.2) is 42.0 Å². The van der Waals surface area contributed by atoms with Crippen molar-refractivity contribution in [2.45, 2.75) is 25.2 Å². The Morgan fingerprint density at radius 1 is 1.14 bits per heavy atom. The summed E-state index contributed by atoms with van der Waals surface area (Å²) in [6, 6.07) is 14.4. The number of aromatic nitrogens is 1. The van der Waals surface area contributed by atoms with Gasteiger partial charge in [0.25, 0.3) is 5.91 Å². The molecule has 7 heteroatoms. The second-order valence-corrected chi connectivity index (χ2v) is 10.2. The zero-order valence-electron chi connectivity index (χ0n) is 19.5. The fourth-order valence-corrected chi connectivity index (χ4v) is 5.64. The van der Waals surface area contributed by atoms with Crippen LogP contribution in [0.2, 0.25) is 10.2 Å². The molecule has 0 bridgehead atoms. The van der Waals surface area contributed by atoms with Crippen LogP contribution < -0.4 is 4.90 Å². The third kappa shape index (κ3) is 4.73. The Kier molecular flexibility index (Phi) is 6.67. The number of halogens is 3. The van der Waals surface area contributed by atoms with Crippen molar-refractivity contribution in [1.29, 1.82) is 0 Å². The molecule has 1 spiro atoms. The molecule has 0 saturated carbocycles. The fraction of sp³-hybridized carbons (Fsp3) is 0.286. The highest BCUT2D eigenvalue weighted by Crippen LogP contribution is 2.47. The largest absolute Gasteiger partial charge is 0.307 e. The average molecular weight is 510 g/mol. The molecule has 0 radical (unpaired) electrons. The van der Waals surface area contributed by atoms with Gasteiger partial charge in [-0.05, 0) is 68.8 Å². The van der Waals surface area contributed by atoms with E-state index in [4.69, 9.17) is 23.2 Å². The first-order valence-electron chi connectivity index (χ1n) is 11.7. The summed E-state index contributed by atoms with van der Waals surface area (Å²) in [6.45, 7) is 5.26. The molecule has 2 aliphatic rings. The zero-order valence-corrected chi connectivity index (χ0v) is 21.0. The number of hydrogen-bond donors (Lipinski definition) is 0. The number of hydrogen-bond acceptors (Lipinski definition) is 3. The normalized spacial score (nSPS) is 17.3. The minimum Gasteiger partial charge on any atom is -0.307 e. The average Bonchev–Trinajstić information content (AvgIpc) is 3.15. The van der Waals surface area contributed by atoms with E-state index in [1.165, 1.54) is 17.2 Å². The Morgan fingerprint density at radius 3 is 2.69 bits per heavy atom. The van der Waals surface area contributed by atoms with Crippen LogP contribution in [0.1, 0.15) is 39.9 Å². The maximum Gasteiger partial charge on any atom is 0.258 e. The molecule has 1 saturated heterocycles. The lowest BCUT2D eigenvalue weighted by atomic mass is 9.74. The van der Waals surface area contributed by atoms with E-state index in [0.717, 1.165) is 38.2 Å². The number of benzene rings is 2. The number of nitrogens with zero attached hydrogens (tertiary/aromatic N) is 3. The first kappa shape index (κ1) is 24.0. The van der Waals surface area contributed by atoms with Crippen LogP contribution in [0.3, 0.4) is 0 Å². The van der Waals surface area contributed by atoms with Crippen molar-refractivity contribution in [1.82, 2.24) is 9.88 Å². The number of piperidine rings is 1. The molecule has 1 fully saturated rings. The third-order valence-corrected chi connectivity index (χ3v) is 7.69. The smallest absolute Gasteiger partial charge is 0.258 e. The summed E-state index contributed by atoms with van der Waals surface area (Å²) in [5.41, 5.74) is 4.31. The van der Waals surface area contributed by atoms with Crippen molar-refractivity contribution < 1.29 is 9.18 Å². The Labute approximate surface area is 215 Å². The molecule has 2 aliphatic heterocycles. The van der Waals surface area contributed by atoms with E-state index < -0.39 is 0 Å². The molecule has 1 aromatic heterocycles. The van der Waals surface area contributed by atoms with Crippen molar-refractivity contribution in [3.05, 3.63) is 99.1 Å². The summed E-state index contributed by atoms with van der Waals surface area (Å²) in [6.07, 6.45) is 7.18. The van der Waals surface area contributed by atoms with Gasteiger partial charge in [-0.1, -0.05) is 59.1 Å². The highest BCUT2D eigenvalue weighted by atomic mass is 35.5. The predicted molar refractivity (Wildman–Crippen MR) is 140 cm³/mol. The molecule has 0 N–H and O–H groups in total. The number of carbonyl (C=O) groups excluding carboxylic acids is 1.